The third-order valence-corrected chi connectivity index (χ3v) is 10.8. The van der Waals surface area contributed by atoms with Crippen LogP contribution in [-0.4, -0.2) is 84.5 Å². The fraction of sp³-hybridized carbons (Fsp3) is 0.395. The molecule has 3 aromatic rings. The van der Waals surface area contributed by atoms with Gasteiger partial charge in [-0.05, 0) is 86.7 Å². The highest BCUT2D eigenvalue weighted by Crippen LogP contribution is 2.35. The van der Waals surface area contributed by atoms with E-state index in [1.54, 1.807) is 6.08 Å². The molecule has 18 heteroatoms. The molecule has 6 rings (SSSR count). The highest BCUT2D eigenvalue weighted by molar-refractivity contribution is 6.31. The Labute approximate surface area is 356 Å². The van der Waals surface area contributed by atoms with E-state index in [1.165, 1.54) is 58.4 Å². The van der Waals surface area contributed by atoms with Gasteiger partial charge in [0, 0.05) is 47.7 Å². The first kappa shape index (κ1) is 45.5. The minimum Gasteiger partial charge on any atom is -0.478 e. The summed E-state index contributed by atoms with van der Waals surface area (Å²) in [6, 6.07) is 13.4. The third-order valence-electron chi connectivity index (χ3n) is 10.3. The first-order chi connectivity index (χ1) is 29.0. The minimum atomic E-state index is -4.74. The normalized spacial score (nSPS) is 18.8. The number of carbonyl (C=O) groups is 4. The Balaban J connectivity index is 1.33. The molecule has 0 aromatic heterocycles. The molecule has 3 aromatic carbocycles. The number of halogens is 8. The smallest absolute Gasteiger partial charge is 0.416 e. The summed E-state index contributed by atoms with van der Waals surface area (Å²) in [7, 11) is 0. The monoisotopic (exact) mass is 896 g/mol. The van der Waals surface area contributed by atoms with Gasteiger partial charge in [-0.1, -0.05) is 59.6 Å². The number of rotatable bonds is 15. The quantitative estimate of drug-likeness (QED) is 0.110. The molecule has 3 aliphatic rings. The van der Waals surface area contributed by atoms with E-state index in [2.05, 4.69) is 0 Å². The predicted molar refractivity (Wildman–Crippen MR) is 210 cm³/mol. The Morgan fingerprint density at radius 3 is 1.74 bits per heavy atom. The Bertz CT molecular complexity index is 2120. The molecular formula is C43H40Cl2F6N2O8. The van der Waals surface area contributed by atoms with Gasteiger partial charge in [0.25, 0.3) is 11.8 Å². The summed E-state index contributed by atoms with van der Waals surface area (Å²) < 4.78 is 105. The summed E-state index contributed by atoms with van der Waals surface area (Å²) in [6.07, 6.45) is -9.73. The van der Waals surface area contributed by atoms with Crippen LogP contribution in [-0.2, 0) is 41.0 Å². The van der Waals surface area contributed by atoms with Crippen molar-refractivity contribution in [2.24, 2.45) is 5.92 Å². The number of ether oxygens (including phenoxy) is 4. The number of amides is 2. The zero-order valence-electron chi connectivity index (χ0n) is 32.3. The second kappa shape index (κ2) is 19.8. The van der Waals surface area contributed by atoms with Crippen LogP contribution in [0.2, 0.25) is 5.02 Å². The molecule has 2 fully saturated rings. The van der Waals surface area contributed by atoms with Crippen LogP contribution in [0.5, 0.6) is 11.5 Å². The van der Waals surface area contributed by atoms with Crippen LogP contribution in [0.1, 0.15) is 54.9 Å². The molecule has 0 spiro atoms. The van der Waals surface area contributed by atoms with E-state index in [-0.39, 0.29) is 54.7 Å². The van der Waals surface area contributed by atoms with Gasteiger partial charge in [-0.2, -0.15) is 26.3 Å². The SMILES string of the molecule is O=C(COC(C(=O)N1CCCC1)[C@H](OC(=O)C(Oc1cccc(C(F)(F)F)c1)C1C=CC(Cl)=CC1)C(=O)N1CCCC1)C(Oc1cccc(C(F)(F)F)c1)c1ccc(Cl)cc1. The molecule has 2 aliphatic heterocycles. The van der Waals surface area contributed by atoms with E-state index in [4.69, 9.17) is 42.1 Å². The number of benzene rings is 3. The Hall–Kier alpha value is -5.06. The van der Waals surface area contributed by atoms with Crippen molar-refractivity contribution in [3.63, 3.8) is 0 Å². The second-order valence-corrected chi connectivity index (χ2v) is 15.5. The maximum atomic E-state index is 14.4. The van der Waals surface area contributed by atoms with Crippen LogP contribution >= 0.6 is 23.2 Å². The van der Waals surface area contributed by atoms with Crippen molar-refractivity contribution in [1.29, 1.82) is 0 Å². The summed E-state index contributed by atoms with van der Waals surface area (Å²) in [5.41, 5.74) is -1.93. The zero-order chi connectivity index (χ0) is 43.9. The van der Waals surface area contributed by atoms with Crippen molar-refractivity contribution >= 4 is 46.8 Å². The van der Waals surface area contributed by atoms with Crippen LogP contribution in [0.15, 0.2) is 96.1 Å². The summed E-state index contributed by atoms with van der Waals surface area (Å²) in [5.74, 6) is -5.25. The number of hydrogen-bond donors (Lipinski definition) is 0. The van der Waals surface area contributed by atoms with E-state index < -0.39 is 84.0 Å². The number of esters is 1. The largest absolute Gasteiger partial charge is 0.478 e. The lowest BCUT2D eigenvalue weighted by atomic mass is 9.94. The van der Waals surface area contributed by atoms with Gasteiger partial charge in [0.05, 0.1) is 11.1 Å². The molecular weight excluding hydrogens is 857 g/mol. The number of allylic oxidation sites excluding steroid dienone is 3. The van der Waals surface area contributed by atoms with E-state index in [9.17, 15) is 45.5 Å². The van der Waals surface area contributed by atoms with Crippen LogP contribution in [0.3, 0.4) is 0 Å². The summed E-state index contributed by atoms with van der Waals surface area (Å²) in [6.45, 7) is 0.00509. The summed E-state index contributed by atoms with van der Waals surface area (Å²) >= 11 is 12.2. The van der Waals surface area contributed by atoms with Crippen molar-refractivity contribution in [3.8, 4) is 11.5 Å². The van der Waals surface area contributed by atoms with E-state index in [0.717, 1.165) is 24.3 Å². The fourth-order valence-electron chi connectivity index (χ4n) is 7.08. The average Bonchev–Trinajstić information content (AvgIpc) is 3.98. The predicted octanol–water partition coefficient (Wildman–Crippen LogP) is 8.76. The first-order valence-corrected chi connectivity index (χ1v) is 20.1. The van der Waals surface area contributed by atoms with Crippen LogP contribution in [0.25, 0.3) is 0 Å². The number of carbonyl (C=O) groups excluding carboxylic acids is 4. The fourth-order valence-corrected chi connectivity index (χ4v) is 7.37. The molecule has 61 heavy (non-hydrogen) atoms. The molecule has 0 N–H and O–H groups in total. The topological polar surface area (TPSA) is 112 Å². The van der Waals surface area contributed by atoms with Crippen LogP contribution < -0.4 is 9.47 Å². The van der Waals surface area contributed by atoms with Crippen LogP contribution in [0.4, 0.5) is 26.3 Å². The maximum absolute atomic E-state index is 14.4. The van der Waals surface area contributed by atoms with Crippen molar-refractivity contribution in [1.82, 2.24) is 9.80 Å². The van der Waals surface area contributed by atoms with Crippen molar-refractivity contribution in [3.05, 3.63) is 118 Å². The molecule has 2 heterocycles. The van der Waals surface area contributed by atoms with Crippen molar-refractivity contribution in [2.75, 3.05) is 32.8 Å². The second-order valence-electron chi connectivity index (χ2n) is 14.6. The number of nitrogens with zero attached hydrogens (tertiary/aromatic N) is 2. The molecule has 0 radical (unpaired) electrons. The van der Waals surface area contributed by atoms with Crippen molar-refractivity contribution in [2.45, 2.75) is 68.9 Å². The minimum absolute atomic E-state index is 0.0813. The lowest BCUT2D eigenvalue weighted by Crippen LogP contribution is -2.55. The number of hydrogen-bond acceptors (Lipinski definition) is 8. The number of alkyl halides is 6. The van der Waals surface area contributed by atoms with Gasteiger partial charge >= 0.3 is 18.3 Å². The van der Waals surface area contributed by atoms with Gasteiger partial charge in [-0.15, -0.1) is 0 Å². The lowest BCUT2D eigenvalue weighted by Gasteiger charge is -2.33. The molecule has 4 unspecified atom stereocenters. The van der Waals surface area contributed by atoms with Gasteiger partial charge in [-0.25, -0.2) is 4.79 Å². The average molecular weight is 898 g/mol. The van der Waals surface area contributed by atoms with Gasteiger partial charge in [0.2, 0.25) is 18.0 Å². The molecule has 10 nitrogen and oxygen atoms in total. The first-order valence-electron chi connectivity index (χ1n) is 19.4. The van der Waals surface area contributed by atoms with E-state index in [1.807, 2.05) is 0 Å². The Morgan fingerprint density at radius 2 is 1.23 bits per heavy atom. The number of Topliss-reactive ketones (excluding diaryl/α,β-unsaturated/α-hetero) is 1. The molecule has 5 atom stereocenters. The summed E-state index contributed by atoms with van der Waals surface area (Å²) in [4.78, 5) is 59.9. The highest BCUT2D eigenvalue weighted by atomic mass is 35.5. The van der Waals surface area contributed by atoms with Gasteiger partial charge in [0.1, 0.15) is 18.1 Å². The third kappa shape index (κ3) is 11.9. The van der Waals surface area contributed by atoms with Gasteiger partial charge in [0.15, 0.2) is 12.2 Å². The molecule has 0 bridgehead atoms. The summed E-state index contributed by atoms with van der Waals surface area (Å²) in [5, 5.41) is 0.609. The van der Waals surface area contributed by atoms with E-state index >= 15 is 0 Å². The van der Waals surface area contributed by atoms with Crippen molar-refractivity contribution < 1.29 is 64.5 Å². The lowest BCUT2D eigenvalue weighted by molar-refractivity contribution is -0.182. The Morgan fingerprint density at radius 1 is 0.705 bits per heavy atom. The maximum Gasteiger partial charge on any atom is 0.416 e. The zero-order valence-corrected chi connectivity index (χ0v) is 33.8. The number of likely N-dealkylation sites (tertiary alicyclic amines) is 2. The van der Waals surface area contributed by atoms with Crippen LogP contribution in [0, 0.1) is 5.92 Å². The molecule has 326 valence electrons. The standard InChI is InChI=1S/C43H40Cl2F6N2O8/c44-30-15-11-26(12-16-30)35(59-32-9-5-7-28(23-32)42(46,47)48)34(54)25-58-37(39(55)52-19-1-2-20-52)38(40(56)53-21-3-4-22-53)61-41(57)36(27-13-17-31(45)18-14-27)60-33-10-6-8-29(24-33)43(49,50)51/h5-13,15-18,23-24,27,35-38H,1-4,14,19-22,25H2/t27?,35?,36?,37?,38-/m0/s1. The number of ketones is 1. The van der Waals surface area contributed by atoms with Gasteiger partial charge < -0.3 is 28.7 Å². The van der Waals surface area contributed by atoms with E-state index in [0.29, 0.717) is 42.8 Å². The molecule has 2 amide bonds. The highest BCUT2D eigenvalue weighted by Gasteiger charge is 2.46. The molecule has 2 saturated heterocycles. The molecule has 1 aliphatic carbocycles. The Kier molecular flexibility index (Phi) is 14.7. The van der Waals surface area contributed by atoms with Gasteiger partial charge in [-0.3, -0.25) is 14.4 Å². The molecule has 0 saturated carbocycles.